The Morgan fingerprint density at radius 2 is 1.89 bits per heavy atom. The van der Waals surface area contributed by atoms with Crippen LogP contribution >= 0.6 is 0 Å². The summed E-state index contributed by atoms with van der Waals surface area (Å²) in [4.78, 5) is 13.3. The van der Waals surface area contributed by atoms with Gasteiger partial charge in [0, 0.05) is 5.56 Å². The topological polar surface area (TPSA) is 98.5 Å². The average Bonchev–Trinajstić information content (AvgIpc) is 2.87. The van der Waals surface area contributed by atoms with Gasteiger partial charge in [0.15, 0.2) is 5.75 Å². The zero-order valence-electron chi connectivity index (χ0n) is 19.7. The molecule has 174 valence electrons. The summed E-state index contributed by atoms with van der Waals surface area (Å²) in [6.45, 7) is 4.07. The maximum Gasteiger partial charge on any atom is 0.344 e. The summed E-state index contributed by atoms with van der Waals surface area (Å²) in [5.74, 6) is 0.251. The zero-order valence-corrected chi connectivity index (χ0v) is 19.7. The molecule has 0 aliphatic carbocycles. The van der Waals surface area contributed by atoms with Crippen molar-refractivity contribution < 1.29 is 13.9 Å². The van der Waals surface area contributed by atoms with Crippen LogP contribution in [0.1, 0.15) is 35.1 Å². The highest BCUT2D eigenvalue weighted by Gasteiger charge is 2.36. The van der Waals surface area contributed by atoms with E-state index in [-0.39, 0.29) is 17.0 Å². The van der Waals surface area contributed by atoms with Crippen LogP contribution in [0.3, 0.4) is 0 Å². The Morgan fingerprint density at radius 1 is 1.09 bits per heavy atom. The standard InChI is InChI=1S/C29H24N2O4/c1-4-17-9-11-24-21(13-17)27-26(29(32)34-24)25(22(15-30)28(31)35-27)18-10-12-23(33-3)20(14-18)19-8-6-5-7-16(19)2/h5-14,25H,4,31H2,1-3H3. The molecule has 5 rings (SSSR count). The summed E-state index contributed by atoms with van der Waals surface area (Å²) < 4.78 is 17.2. The van der Waals surface area contributed by atoms with Crippen LogP contribution in [0.15, 0.2) is 81.3 Å². The lowest BCUT2D eigenvalue weighted by Gasteiger charge is -2.26. The molecular weight excluding hydrogens is 440 g/mol. The molecule has 1 aliphatic rings. The number of nitrogens with two attached hydrogens (primary N) is 1. The van der Waals surface area contributed by atoms with E-state index in [1.165, 1.54) is 0 Å². The third kappa shape index (κ3) is 3.62. The van der Waals surface area contributed by atoms with Crippen molar-refractivity contribution in [3.8, 4) is 28.7 Å². The van der Waals surface area contributed by atoms with Gasteiger partial charge in [0.2, 0.25) is 5.88 Å². The van der Waals surface area contributed by atoms with E-state index in [0.717, 1.165) is 28.7 Å². The number of methoxy groups -OCH3 is 1. The lowest BCUT2D eigenvalue weighted by atomic mass is 9.82. The van der Waals surface area contributed by atoms with Crippen LogP contribution in [-0.4, -0.2) is 7.11 Å². The van der Waals surface area contributed by atoms with Crippen LogP contribution in [0.2, 0.25) is 0 Å². The SMILES string of the molecule is CCc1ccc2oc(=O)c3c(c2c1)OC(N)=C(C#N)C3c1ccc(OC)c(-c2ccccc2C)c1. The van der Waals surface area contributed by atoms with E-state index < -0.39 is 11.5 Å². The van der Waals surface area contributed by atoms with Gasteiger partial charge < -0.3 is 19.6 Å². The molecule has 1 unspecified atom stereocenters. The van der Waals surface area contributed by atoms with Crippen molar-refractivity contribution in [2.75, 3.05) is 7.11 Å². The number of nitrogens with zero attached hydrogens (tertiary/aromatic N) is 1. The monoisotopic (exact) mass is 464 g/mol. The molecule has 1 atom stereocenters. The van der Waals surface area contributed by atoms with Crippen molar-refractivity contribution in [1.82, 2.24) is 0 Å². The highest BCUT2D eigenvalue weighted by molar-refractivity contribution is 5.87. The second kappa shape index (κ2) is 8.69. The van der Waals surface area contributed by atoms with Gasteiger partial charge in [0.25, 0.3) is 0 Å². The fraction of sp³-hybridized carbons (Fsp3) is 0.172. The second-order valence-electron chi connectivity index (χ2n) is 8.52. The zero-order chi connectivity index (χ0) is 24.7. The van der Waals surface area contributed by atoms with E-state index in [0.29, 0.717) is 28.0 Å². The Hall–Kier alpha value is -4.50. The van der Waals surface area contributed by atoms with Gasteiger partial charge in [0.05, 0.1) is 24.0 Å². The van der Waals surface area contributed by atoms with Gasteiger partial charge in [-0.05, 0) is 59.9 Å². The minimum absolute atomic E-state index is 0.0212. The fourth-order valence-corrected chi connectivity index (χ4v) is 4.71. The Balaban J connectivity index is 1.81. The third-order valence-corrected chi connectivity index (χ3v) is 6.53. The smallest absolute Gasteiger partial charge is 0.344 e. The molecule has 0 amide bonds. The van der Waals surface area contributed by atoms with Gasteiger partial charge in [-0.3, -0.25) is 0 Å². The highest BCUT2D eigenvalue weighted by Crippen LogP contribution is 2.45. The van der Waals surface area contributed by atoms with Crippen molar-refractivity contribution in [2.24, 2.45) is 5.73 Å². The molecule has 4 aromatic rings. The summed E-state index contributed by atoms with van der Waals surface area (Å²) in [6.07, 6.45) is 0.806. The lowest BCUT2D eigenvalue weighted by molar-refractivity contribution is 0.388. The van der Waals surface area contributed by atoms with Gasteiger partial charge in [-0.15, -0.1) is 0 Å². The number of hydrogen-bond acceptors (Lipinski definition) is 6. The first-order valence-electron chi connectivity index (χ1n) is 11.4. The molecule has 1 aromatic heterocycles. The Kier molecular flexibility index (Phi) is 5.54. The molecule has 2 heterocycles. The molecule has 3 aromatic carbocycles. The van der Waals surface area contributed by atoms with Crippen molar-refractivity contribution in [3.63, 3.8) is 0 Å². The first-order chi connectivity index (χ1) is 17.0. The van der Waals surface area contributed by atoms with Crippen LogP contribution in [0, 0.1) is 18.3 Å². The molecule has 0 bridgehead atoms. The van der Waals surface area contributed by atoms with Crippen molar-refractivity contribution in [1.29, 1.82) is 5.26 Å². The van der Waals surface area contributed by atoms with Gasteiger partial charge in [0.1, 0.15) is 23.0 Å². The van der Waals surface area contributed by atoms with Crippen LogP contribution in [0.25, 0.3) is 22.1 Å². The number of nitriles is 1. The minimum atomic E-state index is -0.747. The first kappa shape index (κ1) is 22.3. The molecule has 6 nitrogen and oxygen atoms in total. The summed E-state index contributed by atoms with van der Waals surface area (Å²) in [5, 5.41) is 10.7. The van der Waals surface area contributed by atoms with E-state index >= 15 is 0 Å². The van der Waals surface area contributed by atoms with Crippen molar-refractivity contribution in [3.05, 3.63) is 105 Å². The maximum atomic E-state index is 13.3. The molecule has 2 N–H and O–H groups in total. The van der Waals surface area contributed by atoms with E-state index in [1.807, 2.05) is 68.4 Å². The third-order valence-electron chi connectivity index (χ3n) is 6.53. The van der Waals surface area contributed by atoms with E-state index in [4.69, 9.17) is 19.6 Å². The molecule has 0 saturated heterocycles. The molecule has 0 fully saturated rings. The number of fused-ring (bicyclic) bond motifs is 3. The molecule has 35 heavy (non-hydrogen) atoms. The van der Waals surface area contributed by atoms with Gasteiger partial charge in [-0.25, -0.2) is 4.79 Å². The molecule has 0 radical (unpaired) electrons. The Morgan fingerprint density at radius 3 is 2.60 bits per heavy atom. The quantitative estimate of drug-likeness (QED) is 0.397. The molecular formula is C29H24N2O4. The van der Waals surface area contributed by atoms with E-state index in [2.05, 4.69) is 6.07 Å². The number of benzene rings is 3. The number of ether oxygens (including phenoxy) is 2. The minimum Gasteiger partial charge on any atom is -0.496 e. The predicted molar refractivity (Wildman–Crippen MR) is 134 cm³/mol. The van der Waals surface area contributed by atoms with Gasteiger partial charge >= 0.3 is 5.63 Å². The predicted octanol–water partition coefficient (Wildman–Crippen LogP) is 5.56. The summed E-state index contributed by atoms with van der Waals surface area (Å²) in [7, 11) is 1.62. The van der Waals surface area contributed by atoms with E-state index in [1.54, 1.807) is 13.2 Å². The number of rotatable bonds is 4. The van der Waals surface area contributed by atoms with Crippen molar-refractivity contribution in [2.45, 2.75) is 26.2 Å². The van der Waals surface area contributed by atoms with Gasteiger partial charge in [-0.1, -0.05) is 43.3 Å². The fourth-order valence-electron chi connectivity index (χ4n) is 4.71. The summed E-state index contributed by atoms with van der Waals surface area (Å²) in [5.41, 5.74) is 11.2. The van der Waals surface area contributed by atoms with Crippen LogP contribution in [-0.2, 0) is 6.42 Å². The van der Waals surface area contributed by atoms with Crippen LogP contribution in [0.4, 0.5) is 0 Å². The summed E-state index contributed by atoms with van der Waals surface area (Å²) in [6, 6.07) is 21.4. The molecule has 0 saturated carbocycles. The Bertz CT molecular complexity index is 1610. The Labute approximate surface area is 202 Å². The van der Waals surface area contributed by atoms with Crippen LogP contribution in [0.5, 0.6) is 11.5 Å². The average molecular weight is 465 g/mol. The highest BCUT2D eigenvalue weighted by atomic mass is 16.5. The number of aryl methyl sites for hydroxylation is 2. The maximum absolute atomic E-state index is 13.3. The normalized spacial score (nSPS) is 14.9. The molecule has 0 spiro atoms. The van der Waals surface area contributed by atoms with E-state index in [9.17, 15) is 10.1 Å². The largest absolute Gasteiger partial charge is 0.496 e. The second-order valence-corrected chi connectivity index (χ2v) is 8.52. The number of allylic oxidation sites excluding steroid dienone is 1. The number of hydrogen-bond donors (Lipinski definition) is 1. The van der Waals surface area contributed by atoms with Crippen molar-refractivity contribution >= 4 is 11.0 Å². The summed E-state index contributed by atoms with van der Waals surface area (Å²) >= 11 is 0. The lowest BCUT2D eigenvalue weighted by Crippen LogP contribution is -2.26. The molecule has 1 aliphatic heterocycles. The van der Waals surface area contributed by atoms with Crippen LogP contribution < -0.4 is 20.8 Å². The van der Waals surface area contributed by atoms with Gasteiger partial charge in [-0.2, -0.15) is 5.26 Å². The first-order valence-corrected chi connectivity index (χ1v) is 11.4. The molecule has 6 heteroatoms.